The van der Waals surface area contributed by atoms with E-state index in [2.05, 4.69) is 4.90 Å². The van der Waals surface area contributed by atoms with E-state index in [1.807, 2.05) is 53.6 Å². The highest BCUT2D eigenvalue weighted by atomic mass is 32.1. The van der Waals surface area contributed by atoms with Crippen LogP contribution in [-0.4, -0.2) is 53.5 Å². The monoisotopic (exact) mass is 330 g/mol. The van der Waals surface area contributed by atoms with Crippen LogP contribution >= 0.6 is 11.3 Å². The smallest absolute Gasteiger partial charge is 0.264 e. The number of carbonyl (C=O) groups is 1. The molecule has 2 heterocycles. The van der Waals surface area contributed by atoms with Crippen molar-refractivity contribution in [2.24, 2.45) is 0 Å². The van der Waals surface area contributed by atoms with Gasteiger partial charge in [0.05, 0.1) is 11.0 Å². The highest BCUT2D eigenvalue weighted by molar-refractivity contribution is 7.12. The Kier molecular flexibility index (Phi) is 5.10. The van der Waals surface area contributed by atoms with Gasteiger partial charge in [-0.25, -0.2) is 0 Å². The van der Waals surface area contributed by atoms with Crippen LogP contribution in [0.15, 0.2) is 41.8 Å². The van der Waals surface area contributed by atoms with Gasteiger partial charge in [0.2, 0.25) is 0 Å². The molecule has 0 spiro atoms. The van der Waals surface area contributed by atoms with Gasteiger partial charge in [-0.1, -0.05) is 35.9 Å². The van der Waals surface area contributed by atoms with Crippen LogP contribution in [0.5, 0.6) is 0 Å². The largest absolute Gasteiger partial charge is 0.387 e. The molecule has 0 radical (unpaired) electrons. The van der Waals surface area contributed by atoms with Crippen LogP contribution < -0.4 is 0 Å². The van der Waals surface area contributed by atoms with Crippen molar-refractivity contribution < 1.29 is 9.90 Å². The van der Waals surface area contributed by atoms with Crippen LogP contribution in [0.2, 0.25) is 0 Å². The van der Waals surface area contributed by atoms with Gasteiger partial charge in [0.25, 0.3) is 5.91 Å². The number of amides is 1. The molecule has 5 heteroatoms. The number of thiophene rings is 1. The van der Waals surface area contributed by atoms with E-state index < -0.39 is 6.10 Å². The van der Waals surface area contributed by atoms with Gasteiger partial charge in [0.1, 0.15) is 0 Å². The van der Waals surface area contributed by atoms with Crippen molar-refractivity contribution in [1.29, 1.82) is 0 Å². The van der Waals surface area contributed by atoms with E-state index in [9.17, 15) is 9.90 Å². The third-order valence-electron chi connectivity index (χ3n) is 4.28. The van der Waals surface area contributed by atoms with Crippen molar-refractivity contribution in [3.63, 3.8) is 0 Å². The highest BCUT2D eigenvalue weighted by Crippen LogP contribution is 2.18. The van der Waals surface area contributed by atoms with E-state index in [0.717, 1.165) is 36.6 Å². The number of aryl methyl sites for hydroxylation is 1. The lowest BCUT2D eigenvalue weighted by Crippen LogP contribution is -2.49. The molecule has 1 aliphatic rings. The molecule has 2 aromatic rings. The summed E-state index contributed by atoms with van der Waals surface area (Å²) in [6.07, 6.45) is -0.477. The number of hydrogen-bond acceptors (Lipinski definition) is 4. The van der Waals surface area contributed by atoms with E-state index in [-0.39, 0.29) is 5.91 Å². The van der Waals surface area contributed by atoms with Gasteiger partial charge < -0.3 is 10.0 Å². The quantitative estimate of drug-likeness (QED) is 0.937. The summed E-state index contributed by atoms with van der Waals surface area (Å²) in [7, 11) is 0. The summed E-state index contributed by atoms with van der Waals surface area (Å²) in [5.41, 5.74) is 2.15. The van der Waals surface area contributed by atoms with Crippen LogP contribution in [0, 0.1) is 6.92 Å². The molecule has 4 nitrogen and oxygen atoms in total. The third kappa shape index (κ3) is 3.99. The normalized spacial score (nSPS) is 17.2. The number of β-amino-alcohol motifs (C(OH)–C–C–N with tert-alkyl or cyclic N) is 1. The summed E-state index contributed by atoms with van der Waals surface area (Å²) in [5, 5.41) is 12.3. The predicted molar refractivity (Wildman–Crippen MR) is 92.8 cm³/mol. The van der Waals surface area contributed by atoms with E-state index in [0.29, 0.717) is 6.54 Å². The lowest BCUT2D eigenvalue weighted by atomic mass is 10.1. The van der Waals surface area contributed by atoms with E-state index in [1.165, 1.54) is 16.9 Å². The summed E-state index contributed by atoms with van der Waals surface area (Å²) in [6, 6.07) is 11.8. The Morgan fingerprint density at radius 2 is 1.87 bits per heavy atom. The Bertz CT molecular complexity index is 632. The van der Waals surface area contributed by atoms with Crippen molar-refractivity contribution in [3.05, 3.63) is 57.8 Å². The second-order valence-electron chi connectivity index (χ2n) is 6.00. The Labute approximate surface area is 141 Å². The van der Waals surface area contributed by atoms with Gasteiger partial charge in [-0.05, 0) is 23.9 Å². The molecule has 1 fully saturated rings. The highest BCUT2D eigenvalue weighted by Gasteiger charge is 2.24. The molecule has 1 N–H and O–H groups in total. The molecule has 1 aromatic carbocycles. The number of aliphatic hydroxyl groups excluding tert-OH is 1. The molecule has 1 amide bonds. The minimum Gasteiger partial charge on any atom is -0.387 e. The lowest BCUT2D eigenvalue weighted by Gasteiger charge is -2.35. The minimum absolute atomic E-state index is 0.124. The Morgan fingerprint density at radius 3 is 2.48 bits per heavy atom. The van der Waals surface area contributed by atoms with Crippen LogP contribution in [-0.2, 0) is 0 Å². The average molecular weight is 330 g/mol. The number of carbonyl (C=O) groups excluding carboxylic acids is 1. The van der Waals surface area contributed by atoms with Crippen LogP contribution in [0.3, 0.4) is 0 Å². The van der Waals surface area contributed by atoms with Crippen molar-refractivity contribution in [3.8, 4) is 0 Å². The molecule has 0 bridgehead atoms. The first-order valence-electron chi connectivity index (χ1n) is 7.93. The second kappa shape index (κ2) is 7.25. The fourth-order valence-electron chi connectivity index (χ4n) is 2.83. The lowest BCUT2D eigenvalue weighted by molar-refractivity contribution is 0.0531. The Morgan fingerprint density at radius 1 is 1.17 bits per heavy atom. The zero-order valence-corrected chi connectivity index (χ0v) is 14.1. The van der Waals surface area contributed by atoms with Crippen molar-refractivity contribution >= 4 is 17.2 Å². The summed E-state index contributed by atoms with van der Waals surface area (Å²) in [5.74, 6) is 0.124. The maximum atomic E-state index is 12.3. The SMILES string of the molecule is Cc1ccc(C(O)CN2CCN(C(=O)c3cccs3)CC2)cc1. The van der Waals surface area contributed by atoms with Gasteiger partial charge >= 0.3 is 0 Å². The van der Waals surface area contributed by atoms with E-state index in [1.54, 1.807) is 0 Å². The molecule has 1 atom stereocenters. The number of hydrogen-bond donors (Lipinski definition) is 1. The van der Waals surface area contributed by atoms with Gasteiger partial charge in [0, 0.05) is 32.7 Å². The zero-order chi connectivity index (χ0) is 16.2. The van der Waals surface area contributed by atoms with E-state index in [4.69, 9.17) is 0 Å². The van der Waals surface area contributed by atoms with Gasteiger partial charge in [0.15, 0.2) is 0 Å². The molecular formula is C18H22N2O2S. The van der Waals surface area contributed by atoms with Crippen LogP contribution in [0.4, 0.5) is 0 Å². The maximum absolute atomic E-state index is 12.3. The topological polar surface area (TPSA) is 43.8 Å². The summed E-state index contributed by atoms with van der Waals surface area (Å²) in [4.78, 5) is 17.2. The first kappa shape index (κ1) is 16.2. The minimum atomic E-state index is -0.477. The Balaban J connectivity index is 1.51. The fraction of sp³-hybridized carbons (Fsp3) is 0.389. The predicted octanol–water partition coefficient (Wildman–Crippen LogP) is 2.55. The van der Waals surface area contributed by atoms with Gasteiger partial charge in [-0.2, -0.15) is 0 Å². The first-order valence-corrected chi connectivity index (χ1v) is 8.81. The Hall–Kier alpha value is -1.69. The average Bonchev–Trinajstić information content (AvgIpc) is 3.10. The molecule has 1 aromatic heterocycles. The number of rotatable bonds is 4. The van der Waals surface area contributed by atoms with E-state index >= 15 is 0 Å². The molecule has 122 valence electrons. The number of nitrogens with zero attached hydrogens (tertiary/aromatic N) is 2. The first-order chi connectivity index (χ1) is 11.1. The number of aliphatic hydroxyl groups is 1. The van der Waals surface area contributed by atoms with Crippen molar-refractivity contribution in [1.82, 2.24) is 9.80 Å². The zero-order valence-electron chi connectivity index (χ0n) is 13.3. The van der Waals surface area contributed by atoms with Crippen molar-refractivity contribution in [2.45, 2.75) is 13.0 Å². The molecule has 1 unspecified atom stereocenters. The third-order valence-corrected chi connectivity index (χ3v) is 5.14. The standard InChI is InChI=1S/C18H22N2O2S/c1-14-4-6-15(7-5-14)16(21)13-19-8-10-20(11-9-19)18(22)17-3-2-12-23-17/h2-7,12,16,21H,8-11,13H2,1H3. The van der Waals surface area contributed by atoms with Crippen molar-refractivity contribution in [2.75, 3.05) is 32.7 Å². The molecule has 1 aliphatic heterocycles. The van der Waals surface area contributed by atoms with Crippen LogP contribution in [0.1, 0.15) is 26.9 Å². The number of benzene rings is 1. The second-order valence-corrected chi connectivity index (χ2v) is 6.94. The summed E-state index contributed by atoms with van der Waals surface area (Å²) >= 11 is 1.49. The number of piperazine rings is 1. The molecule has 0 saturated carbocycles. The van der Waals surface area contributed by atoms with Gasteiger partial charge in [-0.15, -0.1) is 11.3 Å². The summed E-state index contributed by atoms with van der Waals surface area (Å²) in [6.45, 7) is 5.71. The maximum Gasteiger partial charge on any atom is 0.264 e. The molecular weight excluding hydrogens is 308 g/mol. The van der Waals surface area contributed by atoms with Gasteiger partial charge in [-0.3, -0.25) is 9.69 Å². The molecule has 1 saturated heterocycles. The molecule has 3 rings (SSSR count). The summed E-state index contributed by atoms with van der Waals surface area (Å²) < 4.78 is 0. The van der Waals surface area contributed by atoms with Crippen LogP contribution in [0.25, 0.3) is 0 Å². The fourth-order valence-corrected chi connectivity index (χ4v) is 3.52. The molecule has 23 heavy (non-hydrogen) atoms. The molecule has 0 aliphatic carbocycles.